The zero-order valence-electron chi connectivity index (χ0n) is 16.1. The average Bonchev–Trinajstić information content (AvgIpc) is 2.80. The van der Waals surface area contributed by atoms with Gasteiger partial charge in [0.25, 0.3) is 0 Å². The molecule has 0 N–H and O–H groups in total. The molecule has 0 radical (unpaired) electrons. The Kier molecular flexibility index (Phi) is 5.64. The lowest BCUT2D eigenvalue weighted by Crippen LogP contribution is -2.50. The summed E-state index contributed by atoms with van der Waals surface area (Å²) >= 11 is 0. The van der Waals surface area contributed by atoms with Crippen molar-refractivity contribution in [2.45, 2.75) is 11.3 Å². The van der Waals surface area contributed by atoms with Gasteiger partial charge in [-0.25, -0.2) is 13.4 Å². The van der Waals surface area contributed by atoms with E-state index < -0.39 is 10.0 Å². The second-order valence-corrected chi connectivity index (χ2v) is 9.06. The van der Waals surface area contributed by atoms with Gasteiger partial charge in [0, 0.05) is 51.0 Å². The molecule has 0 aliphatic carbocycles. The van der Waals surface area contributed by atoms with Crippen LogP contribution in [0, 0.1) is 0 Å². The minimum absolute atomic E-state index is 0.0161. The lowest BCUT2D eigenvalue weighted by molar-refractivity contribution is -0.127. The SMILES string of the molecule is O=C(C1=CCN(S(=O)(=O)c2ccccc2)CC1)N1CCN(c2ccccn2)CC1. The minimum atomic E-state index is -3.52. The smallest absolute Gasteiger partial charge is 0.249 e. The Morgan fingerprint density at radius 2 is 1.62 bits per heavy atom. The van der Waals surface area contributed by atoms with Crippen LogP contribution < -0.4 is 4.90 Å². The Morgan fingerprint density at radius 1 is 0.897 bits per heavy atom. The van der Waals surface area contributed by atoms with Gasteiger partial charge in [0.05, 0.1) is 4.90 Å². The van der Waals surface area contributed by atoms with Crippen molar-refractivity contribution in [3.8, 4) is 0 Å². The van der Waals surface area contributed by atoms with Gasteiger partial charge >= 0.3 is 0 Å². The highest BCUT2D eigenvalue weighted by Crippen LogP contribution is 2.22. The molecule has 4 rings (SSSR count). The molecule has 0 atom stereocenters. The number of nitrogens with zero attached hydrogens (tertiary/aromatic N) is 4. The van der Waals surface area contributed by atoms with E-state index in [0.717, 1.165) is 18.9 Å². The average molecular weight is 413 g/mol. The number of pyridine rings is 1. The van der Waals surface area contributed by atoms with E-state index in [9.17, 15) is 13.2 Å². The molecular formula is C21H24N4O3S. The first kappa shape index (κ1) is 19.6. The van der Waals surface area contributed by atoms with Crippen LogP contribution >= 0.6 is 0 Å². The molecule has 1 amide bonds. The van der Waals surface area contributed by atoms with Crippen LogP contribution in [0.5, 0.6) is 0 Å². The van der Waals surface area contributed by atoms with E-state index in [1.54, 1.807) is 42.6 Å². The summed E-state index contributed by atoms with van der Waals surface area (Å²) in [6, 6.07) is 14.2. The normalized spacial score (nSPS) is 18.4. The van der Waals surface area contributed by atoms with Gasteiger partial charge in [0.2, 0.25) is 15.9 Å². The van der Waals surface area contributed by atoms with E-state index in [1.807, 2.05) is 23.1 Å². The number of aromatic nitrogens is 1. The molecule has 2 aliphatic heterocycles. The van der Waals surface area contributed by atoms with E-state index in [0.29, 0.717) is 31.6 Å². The lowest BCUT2D eigenvalue weighted by atomic mass is 10.1. The number of anilines is 1. The zero-order valence-corrected chi connectivity index (χ0v) is 17.0. The predicted molar refractivity (Wildman–Crippen MR) is 111 cm³/mol. The summed E-state index contributed by atoms with van der Waals surface area (Å²) in [6.07, 6.45) is 3.97. The van der Waals surface area contributed by atoms with Crippen LogP contribution in [0.2, 0.25) is 0 Å². The first-order chi connectivity index (χ1) is 14.1. The molecule has 8 heteroatoms. The van der Waals surface area contributed by atoms with Crippen LogP contribution in [0.4, 0.5) is 5.82 Å². The molecule has 1 aromatic carbocycles. The number of rotatable bonds is 4. The number of carbonyl (C=O) groups excluding carboxylic acids is 1. The van der Waals surface area contributed by atoms with Crippen molar-refractivity contribution in [2.75, 3.05) is 44.2 Å². The molecule has 7 nitrogen and oxygen atoms in total. The van der Waals surface area contributed by atoms with Crippen LogP contribution in [0.1, 0.15) is 6.42 Å². The fraction of sp³-hybridized carbons (Fsp3) is 0.333. The third-order valence-electron chi connectivity index (χ3n) is 5.37. The van der Waals surface area contributed by atoms with Crippen molar-refractivity contribution < 1.29 is 13.2 Å². The number of sulfonamides is 1. The number of carbonyl (C=O) groups is 1. The first-order valence-corrected chi connectivity index (χ1v) is 11.2. The molecule has 0 saturated carbocycles. The molecule has 29 heavy (non-hydrogen) atoms. The Morgan fingerprint density at radius 3 is 2.24 bits per heavy atom. The van der Waals surface area contributed by atoms with Crippen molar-refractivity contribution in [3.05, 3.63) is 66.4 Å². The second-order valence-electron chi connectivity index (χ2n) is 7.12. The minimum Gasteiger partial charge on any atom is -0.353 e. The van der Waals surface area contributed by atoms with Gasteiger partial charge in [0.1, 0.15) is 5.82 Å². The topological polar surface area (TPSA) is 73.8 Å². The fourth-order valence-corrected chi connectivity index (χ4v) is 5.09. The van der Waals surface area contributed by atoms with E-state index in [1.165, 1.54) is 4.31 Å². The Bertz CT molecular complexity index is 985. The predicted octanol–water partition coefficient (Wildman–Crippen LogP) is 1.75. The summed E-state index contributed by atoms with van der Waals surface area (Å²) in [6.45, 7) is 3.31. The maximum atomic E-state index is 12.9. The number of piperazine rings is 1. The van der Waals surface area contributed by atoms with Crippen molar-refractivity contribution in [1.29, 1.82) is 0 Å². The Hall–Kier alpha value is -2.71. The molecule has 1 aromatic heterocycles. The molecule has 2 aromatic rings. The quantitative estimate of drug-likeness (QED) is 0.765. The molecule has 2 aliphatic rings. The van der Waals surface area contributed by atoms with Crippen LogP contribution in [0.3, 0.4) is 0 Å². The van der Waals surface area contributed by atoms with Crippen molar-refractivity contribution >= 4 is 21.7 Å². The second kappa shape index (κ2) is 8.34. The third kappa shape index (κ3) is 4.18. The number of benzene rings is 1. The van der Waals surface area contributed by atoms with Crippen molar-refractivity contribution in [1.82, 2.24) is 14.2 Å². The van der Waals surface area contributed by atoms with Crippen LogP contribution in [-0.2, 0) is 14.8 Å². The lowest BCUT2D eigenvalue weighted by Gasteiger charge is -2.36. The molecule has 0 bridgehead atoms. The molecule has 152 valence electrons. The summed E-state index contributed by atoms with van der Waals surface area (Å²) in [7, 11) is -3.52. The van der Waals surface area contributed by atoms with E-state index in [-0.39, 0.29) is 17.3 Å². The van der Waals surface area contributed by atoms with Crippen molar-refractivity contribution in [2.24, 2.45) is 0 Å². The molecule has 1 saturated heterocycles. The van der Waals surface area contributed by atoms with Gasteiger partial charge in [0.15, 0.2) is 0 Å². The highest BCUT2D eigenvalue weighted by Gasteiger charge is 2.30. The van der Waals surface area contributed by atoms with Gasteiger partial charge in [-0.3, -0.25) is 4.79 Å². The van der Waals surface area contributed by atoms with Gasteiger partial charge < -0.3 is 9.80 Å². The number of hydrogen-bond donors (Lipinski definition) is 0. The zero-order chi connectivity index (χ0) is 20.3. The maximum absolute atomic E-state index is 12.9. The highest BCUT2D eigenvalue weighted by molar-refractivity contribution is 7.89. The molecule has 0 unspecified atom stereocenters. The van der Waals surface area contributed by atoms with Gasteiger partial charge in [-0.05, 0) is 30.7 Å². The van der Waals surface area contributed by atoms with E-state index >= 15 is 0 Å². The Balaban J connectivity index is 1.36. The van der Waals surface area contributed by atoms with Gasteiger partial charge in [-0.1, -0.05) is 30.3 Å². The third-order valence-corrected chi connectivity index (χ3v) is 7.25. The summed E-state index contributed by atoms with van der Waals surface area (Å²) in [4.78, 5) is 21.6. The summed E-state index contributed by atoms with van der Waals surface area (Å²) in [5.41, 5.74) is 0.704. The molecule has 3 heterocycles. The first-order valence-electron chi connectivity index (χ1n) is 9.75. The van der Waals surface area contributed by atoms with Crippen molar-refractivity contribution in [3.63, 3.8) is 0 Å². The molecule has 0 spiro atoms. The van der Waals surface area contributed by atoms with Gasteiger partial charge in [-0.2, -0.15) is 4.31 Å². The van der Waals surface area contributed by atoms with E-state index in [2.05, 4.69) is 9.88 Å². The fourth-order valence-electron chi connectivity index (χ4n) is 3.69. The Labute approximate surface area is 171 Å². The van der Waals surface area contributed by atoms with Crippen LogP contribution in [0.25, 0.3) is 0 Å². The molecular weight excluding hydrogens is 388 g/mol. The standard InChI is InChI=1S/C21H24N4O3S/c26-21(24-16-14-23(15-17-24)20-8-4-5-11-22-20)18-9-12-25(13-10-18)29(27,28)19-6-2-1-3-7-19/h1-9,11H,10,12-17H2. The summed E-state index contributed by atoms with van der Waals surface area (Å²) < 4.78 is 26.9. The molecule has 1 fully saturated rings. The van der Waals surface area contributed by atoms with Gasteiger partial charge in [-0.15, -0.1) is 0 Å². The largest absolute Gasteiger partial charge is 0.353 e. The highest BCUT2D eigenvalue weighted by atomic mass is 32.2. The monoisotopic (exact) mass is 412 g/mol. The summed E-state index contributed by atoms with van der Waals surface area (Å²) in [5, 5.41) is 0. The van der Waals surface area contributed by atoms with Crippen LogP contribution in [-0.4, -0.2) is 67.8 Å². The number of amides is 1. The maximum Gasteiger partial charge on any atom is 0.249 e. The van der Waals surface area contributed by atoms with E-state index in [4.69, 9.17) is 0 Å². The van der Waals surface area contributed by atoms with Crippen LogP contribution in [0.15, 0.2) is 71.3 Å². The summed E-state index contributed by atoms with van der Waals surface area (Å²) in [5.74, 6) is 0.945. The number of hydrogen-bond acceptors (Lipinski definition) is 5.